The molecule has 0 saturated carbocycles. The Kier molecular flexibility index (Phi) is 4.08. The normalized spacial score (nSPS) is 12.5. The van der Waals surface area contributed by atoms with E-state index in [0.717, 1.165) is 11.1 Å². The van der Waals surface area contributed by atoms with E-state index in [1.54, 1.807) is 19.3 Å². The Bertz CT molecular complexity index is 799. The van der Waals surface area contributed by atoms with Gasteiger partial charge in [-0.2, -0.15) is 5.10 Å². The lowest BCUT2D eigenvalue weighted by atomic mass is 9.92. The molecule has 0 aliphatic heterocycles. The molecular formula is C16H23N3O2S. The molecule has 0 bridgehead atoms. The van der Waals surface area contributed by atoms with Crippen LogP contribution in [0.2, 0.25) is 0 Å². The van der Waals surface area contributed by atoms with Gasteiger partial charge in [-0.3, -0.25) is 9.40 Å². The van der Waals surface area contributed by atoms with E-state index in [0.29, 0.717) is 11.4 Å². The van der Waals surface area contributed by atoms with E-state index >= 15 is 0 Å². The van der Waals surface area contributed by atoms with Crippen molar-refractivity contribution in [1.29, 1.82) is 0 Å². The van der Waals surface area contributed by atoms with E-state index in [1.165, 1.54) is 4.68 Å². The second-order valence-electron chi connectivity index (χ2n) is 6.69. The largest absolute Gasteiger partial charge is 0.279 e. The van der Waals surface area contributed by atoms with Crippen LogP contribution in [0.1, 0.15) is 37.6 Å². The van der Waals surface area contributed by atoms with Crippen LogP contribution in [0, 0.1) is 13.8 Å². The molecule has 5 nitrogen and oxygen atoms in total. The molecule has 1 N–H and O–H groups in total. The highest BCUT2D eigenvalue weighted by Crippen LogP contribution is 2.29. The van der Waals surface area contributed by atoms with Crippen LogP contribution in [0.3, 0.4) is 0 Å². The average molecular weight is 321 g/mol. The topological polar surface area (TPSA) is 64.0 Å². The summed E-state index contributed by atoms with van der Waals surface area (Å²) in [5.74, 6) is 0. The molecule has 0 aliphatic carbocycles. The van der Waals surface area contributed by atoms with Gasteiger partial charge < -0.3 is 0 Å². The van der Waals surface area contributed by atoms with Crippen LogP contribution < -0.4 is 4.72 Å². The third-order valence-electron chi connectivity index (χ3n) is 3.42. The van der Waals surface area contributed by atoms with Crippen molar-refractivity contribution in [3.05, 3.63) is 41.2 Å². The molecule has 6 heteroatoms. The molecule has 0 spiro atoms. The lowest BCUT2D eigenvalue weighted by molar-refractivity contribution is 0.539. The monoisotopic (exact) mass is 321 g/mol. The summed E-state index contributed by atoms with van der Waals surface area (Å²) in [5.41, 5.74) is 2.79. The fraction of sp³-hybridized carbons (Fsp3) is 0.438. The maximum Gasteiger partial charge on any atom is 0.265 e. The second kappa shape index (κ2) is 5.43. The van der Waals surface area contributed by atoms with Crippen molar-refractivity contribution in [1.82, 2.24) is 9.78 Å². The molecular weight excluding hydrogens is 298 g/mol. The highest BCUT2D eigenvalue weighted by atomic mass is 32.2. The average Bonchev–Trinajstić information content (AvgIpc) is 2.76. The minimum Gasteiger partial charge on any atom is -0.279 e. The summed E-state index contributed by atoms with van der Waals surface area (Å²) >= 11 is 0. The zero-order valence-corrected chi connectivity index (χ0v) is 14.7. The van der Waals surface area contributed by atoms with Crippen molar-refractivity contribution in [2.75, 3.05) is 4.72 Å². The predicted octanol–water partition coefficient (Wildman–Crippen LogP) is 3.14. The van der Waals surface area contributed by atoms with E-state index in [4.69, 9.17) is 0 Å². The van der Waals surface area contributed by atoms with Crippen LogP contribution in [0.25, 0.3) is 0 Å². The van der Waals surface area contributed by atoms with Crippen molar-refractivity contribution < 1.29 is 8.42 Å². The van der Waals surface area contributed by atoms with Crippen molar-refractivity contribution in [2.24, 2.45) is 7.05 Å². The number of nitrogens with zero attached hydrogens (tertiary/aromatic N) is 2. The Hall–Kier alpha value is -1.82. The summed E-state index contributed by atoms with van der Waals surface area (Å²) in [6.45, 7) is 9.71. The summed E-state index contributed by atoms with van der Waals surface area (Å²) in [6.07, 6.45) is 1.55. The minimum atomic E-state index is -3.67. The third-order valence-corrected chi connectivity index (χ3v) is 4.79. The number of hydrogen-bond acceptors (Lipinski definition) is 3. The van der Waals surface area contributed by atoms with Gasteiger partial charge in [-0.1, -0.05) is 38.5 Å². The number of hydrogen-bond donors (Lipinski definition) is 1. The lowest BCUT2D eigenvalue weighted by Crippen LogP contribution is -2.20. The predicted molar refractivity (Wildman–Crippen MR) is 88.6 cm³/mol. The molecule has 0 amide bonds. The lowest BCUT2D eigenvalue weighted by Gasteiger charge is -2.18. The van der Waals surface area contributed by atoms with E-state index in [-0.39, 0.29) is 10.3 Å². The molecule has 1 aromatic heterocycles. The number of rotatable bonds is 3. The number of sulfonamides is 1. The molecule has 0 saturated heterocycles. The molecule has 0 radical (unpaired) electrons. The first-order valence-corrected chi connectivity index (χ1v) is 8.63. The Morgan fingerprint density at radius 1 is 1.18 bits per heavy atom. The van der Waals surface area contributed by atoms with Crippen LogP contribution in [0.15, 0.2) is 29.3 Å². The van der Waals surface area contributed by atoms with E-state index < -0.39 is 10.0 Å². The molecule has 0 aliphatic rings. The van der Waals surface area contributed by atoms with Crippen LogP contribution in [-0.4, -0.2) is 18.2 Å². The molecule has 2 rings (SSSR count). The van der Waals surface area contributed by atoms with Gasteiger partial charge >= 0.3 is 0 Å². The Morgan fingerprint density at radius 2 is 1.82 bits per heavy atom. The number of benzene rings is 1. The van der Waals surface area contributed by atoms with Gasteiger partial charge in [-0.15, -0.1) is 0 Å². The summed E-state index contributed by atoms with van der Waals surface area (Å²) in [6, 6.07) is 5.62. The maximum absolute atomic E-state index is 12.8. The van der Waals surface area contributed by atoms with Gasteiger partial charge in [0.2, 0.25) is 0 Å². The number of nitrogens with one attached hydrogen (secondary N) is 1. The highest BCUT2D eigenvalue weighted by molar-refractivity contribution is 7.92. The van der Waals surface area contributed by atoms with Crippen LogP contribution in [0.5, 0.6) is 0 Å². The van der Waals surface area contributed by atoms with E-state index in [2.05, 4.69) is 9.82 Å². The van der Waals surface area contributed by atoms with Crippen LogP contribution in [-0.2, 0) is 22.5 Å². The molecule has 120 valence electrons. The Morgan fingerprint density at radius 3 is 2.36 bits per heavy atom. The smallest absolute Gasteiger partial charge is 0.265 e. The van der Waals surface area contributed by atoms with Gasteiger partial charge in [0.05, 0.1) is 11.4 Å². The molecule has 1 heterocycles. The van der Waals surface area contributed by atoms with Crippen LogP contribution >= 0.6 is 0 Å². The van der Waals surface area contributed by atoms with Gasteiger partial charge in [-0.25, -0.2) is 8.42 Å². The maximum atomic E-state index is 12.8. The van der Waals surface area contributed by atoms with Crippen molar-refractivity contribution in [3.8, 4) is 0 Å². The first kappa shape index (κ1) is 16.5. The van der Waals surface area contributed by atoms with Gasteiger partial charge in [0, 0.05) is 18.7 Å². The van der Waals surface area contributed by atoms with Crippen LogP contribution in [0.4, 0.5) is 5.69 Å². The fourth-order valence-electron chi connectivity index (χ4n) is 2.31. The number of aryl methyl sites for hydroxylation is 3. The van der Waals surface area contributed by atoms with E-state index in [1.807, 2.05) is 46.8 Å². The van der Waals surface area contributed by atoms with Gasteiger partial charge in [0.25, 0.3) is 10.0 Å². The Balaban J connectivity index is 2.48. The quantitative estimate of drug-likeness (QED) is 0.944. The van der Waals surface area contributed by atoms with Gasteiger partial charge in [-0.05, 0) is 25.5 Å². The number of anilines is 1. The fourth-order valence-corrected chi connectivity index (χ4v) is 3.83. The molecule has 0 atom stereocenters. The molecule has 22 heavy (non-hydrogen) atoms. The zero-order valence-electron chi connectivity index (χ0n) is 13.9. The van der Waals surface area contributed by atoms with Crippen molar-refractivity contribution in [2.45, 2.75) is 44.9 Å². The highest BCUT2D eigenvalue weighted by Gasteiger charge is 2.29. The number of aromatic nitrogens is 2. The third kappa shape index (κ3) is 3.32. The zero-order chi connectivity index (χ0) is 16.7. The molecule has 0 fully saturated rings. The first-order valence-electron chi connectivity index (χ1n) is 7.15. The van der Waals surface area contributed by atoms with Gasteiger partial charge in [0.15, 0.2) is 0 Å². The Labute approximate surface area is 132 Å². The molecule has 1 aromatic carbocycles. The van der Waals surface area contributed by atoms with E-state index in [9.17, 15) is 8.42 Å². The molecule has 0 unspecified atom stereocenters. The second-order valence-corrected chi connectivity index (χ2v) is 8.34. The standard InChI is InChI=1S/C16H23N3O2S/c1-11-7-8-13(12(2)9-11)18-22(20,21)14-10-19(6)17-15(14)16(3,4)5/h7-10,18H,1-6H3. The summed E-state index contributed by atoms with van der Waals surface area (Å²) < 4.78 is 29.7. The minimum absolute atomic E-state index is 0.225. The van der Waals surface area contributed by atoms with Gasteiger partial charge in [0.1, 0.15) is 4.90 Å². The molecule has 2 aromatic rings. The van der Waals surface area contributed by atoms with Crippen molar-refractivity contribution in [3.63, 3.8) is 0 Å². The summed E-state index contributed by atoms with van der Waals surface area (Å²) in [7, 11) is -1.95. The SMILES string of the molecule is Cc1ccc(NS(=O)(=O)c2cn(C)nc2C(C)(C)C)c(C)c1. The van der Waals surface area contributed by atoms with Crippen molar-refractivity contribution >= 4 is 15.7 Å². The summed E-state index contributed by atoms with van der Waals surface area (Å²) in [5, 5.41) is 4.32. The summed E-state index contributed by atoms with van der Waals surface area (Å²) in [4.78, 5) is 0.225. The first-order chi connectivity index (χ1) is 10.0.